The molecule has 0 unspecified atom stereocenters. The fourth-order valence-corrected chi connectivity index (χ4v) is 4.75. The number of carbonyl (C=O) groups is 2. The normalized spacial score (nSPS) is 11.0. The Hall–Kier alpha value is -3.14. The Morgan fingerprint density at radius 1 is 0.974 bits per heavy atom. The predicted octanol–water partition coefficient (Wildman–Crippen LogP) is 7.51. The van der Waals surface area contributed by atoms with E-state index in [0.717, 1.165) is 16.3 Å². The highest BCUT2D eigenvalue weighted by atomic mass is 35.5. The number of aromatic nitrogens is 1. The van der Waals surface area contributed by atoms with Gasteiger partial charge in [-0.1, -0.05) is 58.5 Å². The first-order chi connectivity index (χ1) is 18.2. The summed E-state index contributed by atoms with van der Waals surface area (Å²) in [5.74, 6) is -0.694. The van der Waals surface area contributed by atoms with Gasteiger partial charge in [-0.05, 0) is 55.0 Å². The van der Waals surface area contributed by atoms with Gasteiger partial charge in [-0.3, -0.25) is 9.59 Å². The lowest BCUT2D eigenvalue weighted by atomic mass is 10.1. The maximum Gasteiger partial charge on any atom is 0.271 e. The first-order valence-electron chi connectivity index (χ1n) is 10.9. The van der Waals surface area contributed by atoms with E-state index in [-0.39, 0.29) is 28.3 Å². The minimum atomic E-state index is -0.446. The summed E-state index contributed by atoms with van der Waals surface area (Å²) in [5.41, 5.74) is 5.67. The third kappa shape index (κ3) is 7.24. The molecule has 0 saturated carbocycles. The van der Waals surface area contributed by atoms with Gasteiger partial charge in [-0.25, -0.2) is 10.4 Å². The summed E-state index contributed by atoms with van der Waals surface area (Å²) in [4.78, 5) is 29.1. The molecule has 1 heterocycles. The van der Waals surface area contributed by atoms with Crippen LogP contribution in [0.25, 0.3) is 11.3 Å². The largest absolute Gasteiger partial charge is 0.481 e. The van der Waals surface area contributed by atoms with Crippen molar-refractivity contribution >= 4 is 81.5 Å². The van der Waals surface area contributed by atoms with E-state index in [9.17, 15) is 9.59 Å². The van der Waals surface area contributed by atoms with Gasteiger partial charge in [-0.2, -0.15) is 5.10 Å². The molecule has 0 atom stereocenters. The van der Waals surface area contributed by atoms with Crippen LogP contribution in [0, 0.1) is 6.92 Å². The molecular formula is C26H18Cl4N4O3S. The number of hydrazone groups is 1. The molecule has 0 bridgehead atoms. The van der Waals surface area contributed by atoms with E-state index >= 15 is 0 Å². The number of aryl methyl sites for hydroxylation is 1. The van der Waals surface area contributed by atoms with Crippen molar-refractivity contribution in [3.63, 3.8) is 0 Å². The smallest absolute Gasteiger partial charge is 0.271 e. The standard InChI is InChI=1S/C26H18Cl4N4O3S/c1-14-32-23(13-38-14)16-2-4-17(5-3-16)26(36)34-31-11-15-8-21(29)25(22(30)9-15)37-12-24(35)33-18-6-7-19(27)20(28)10-18/h2-11,13H,12H2,1H3,(H,33,35)(H,34,36)/b31-11+. The fourth-order valence-electron chi connectivity index (χ4n) is 3.22. The molecule has 7 nitrogen and oxygen atoms in total. The van der Waals surface area contributed by atoms with Crippen molar-refractivity contribution in [2.24, 2.45) is 5.10 Å². The molecule has 0 saturated heterocycles. The molecule has 0 aliphatic carbocycles. The molecule has 4 aromatic rings. The summed E-state index contributed by atoms with van der Waals surface area (Å²) in [5, 5.41) is 10.6. The van der Waals surface area contributed by atoms with E-state index in [0.29, 0.717) is 26.9 Å². The van der Waals surface area contributed by atoms with Gasteiger partial charge in [0.2, 0.25) is 0 Å². The average molecular weight is 608 g/mol. The Balaban J connectivity index is 1.32. The number of thiazole rings is 1. The first kappa shape index (κ1) is 27.9. The second-order valence-electron chi connectivity index (χ2n) is 7.81. The van der Waals surface area contributed by atoms with Crippen LogP contribution in [-0.2, 0) is 4.79 Å². The Morgan fingerprint density at radius 3 is 2.32 bits per heavy atom. The van der Waals surface area contributed by atoms with Crippen molar-refractivity contribution in [2.45, 2.75) is 6.92 Å². The number of carbonyl (C=O) groups excluding carboxylic acids is 2. The molecule has 0 aliphatic heterocycles. The average Bonchev–Trinajstić information content (AvgIpc) is 3.32. The molecule has 3 aromatic carbocycles. The fraction of sp³-hybridized carbons (Fsp3) is 0.0769. The monoisotopic (exact) mass is 606 g/mol. The molecule has 0 spiro atoms. The summed E-state index contributed by atoms with van der Waals surface area (Å²) in [6, 6.07) is 14.8. The Morgan fingerprint density at radius 2 is 1.68 bits per heavy atom. The maximum absolute atomic E-state index is 12.4. The lowest BCUT2D eigenvalue weighted by Crippen LogP contribution is -2.20. The van der Waals surface area contributed by atoms with Gasteiger partial charge < -0.3 is 10.1 Å². The number of amides is 2. The number of hydrogen-bond donors (Lipinski definition) is 2. The van der Waals surface area contributed by atoms with Crippen LogP contribution in [0.3, 0.4) is 0 Å². The molecule has 194 valence electrons. The van der Waals surface area contributed by atoms with E-state index in [4.69, 9.17) is 51.1 Å². The second kappa shape index (κ2) is 12.6. The van der Waals surface area contributed by atoms with Crippen LogP contribution in [0.4, 0.5) is 5.69 Å². The predicted molar refractivity (Wildman–Crippen MR) is 154 cm³/mol. The third-order valence-electron chi connectivity index (χ3n) is 5.01. The zero-order valence-electron chi connectivity index (χ0n) is 19.6. The van der Waals surface area contributed by atoms with Gasteiger partial charge in [-0.15, -0.1) is 11.3 Å². The van der Waals surface area contributed by atoms with Crippen molar-refractivity contribution in [3.05, 3.63) is 96.2 Å². The Kier molecular flexibility index (Phi) is 9.25. The van der Waals surface area contributed by atoms with Gasteiger partial charge in [0.25, 0.3) is 11.8 Å². The summed E-state index contributed by atoms with van der Waals surface area (Å²) in [6.45, 7) is 1.60. The van der Waals surface area contributed by atoms with E-state index in [1.807, 2.05) is 24.4 Å². The number of benzene rings is 3. The van der Waals surface area contributed by atoms with Gasteiger partial charge in [0.15, 0.2) is 12.4 Å². The lowest BCUT2D eigenvalue weighted by Gasteiger charge is -2.11. The molecule has 1 aromatic heterocycles. The van der Waals surface area contributed by atoms with Crippen LogP contribution in [-0.4, -0.2) is 29.6 Å². The molecule has 12 heteroatoms. The molecule has 0 fully saturated rings. The number of hydrogen-bond acceptors (Lipinski definition) is 6. The topological polar surface area (TPSA) is 92.7 Å². The van der Waals surface area contributed by atoms with Gasteiger partial charge in [0.05, 0.1) is 37.0 Å². The zero-order valence-corrected chi connectivity index (χ0v) is 23.4. The van der Waals surface area contributed by atoms with Gasteiger partial charge >= 0.3 is 0 Å². The van der Waals surface area contributed by atoms with Crippen molar-refractivity contribution in [3.8, 4) is 17.0 Å². The number of ether oxygens (including phenoxy) is 1. The second-order valence-corrected chi connectivity index (χ2v) is 10.5. The SMILES string of the molecule is Cc1nc(-c2ccc(C(=O)N/N=C/c3cc(Cl)c(OCC(=O)Nc4ccc(Cl)c(Cl)c4)c(Cl)c3)cc2)cs1. The van der Waals surface area contributed by atoms with E-state index in [1.165, 1.54) is 12.3 Å². The number of halogens is 4. The minimum Gasteiger partial charge on any atom is -0.481 e. The molecule has 2 amide bonds. The summed E-state index contributed by atoms with van der Waals surface area (Å²) in [7, 11) is 0. The quantitative estimate of drug-likeness (QED) is 0.160. The Labute approximate surface area is 242 Å². The molecular weight excluding hydrogens is 590 g/mol. The van der Waals surface area contributed by atoms with Crippen molar-refractivity contribution in [1.82, 2.24) is 10.4 Å². The van der Waals surface area contributed by atoms with E-state index < -0.39 is 5.91 Å². The highest BCUT2D eigenvalue weighted by Crippen LogP contribution is 2.34. The van der Waals surface area contributed by atoms with Crippen LogP contribution in [0.1, 0.15) is 20.9 Å². The number of rotatable bonds is 8. The summed E-state index contributed by atoms with van der Waals surface area (Å²) >= 11 is 26.0. The molecule has 38 heavy (non-hydrogen) atoms. The Bertz CT molecular complexity index is 1500. The van der Waals surface area contributed by atoms with Crippen LogP contribution < -0.4 is 15.5 Å². The van der Waals surface area contributed by atoms with E-state index in [1.54, 1.807) is 47.7 Å². The highest BCUT2D eigenvalue weighted by Gasteiger charge is 2.13. The third-order valence-corrected chi connectivity index (χ3v) is 7.09. The van der Waals surface area contributed by atoms with Crippen LogP contribution in [0.5, 0.6) is 5.75 Å². The summed E-state index contributed by atoms with van der Waals surface area (Å²) < 4.78 is 5.50. The molecule has 0 aliphatic rings. The molecule has 0 radical (unpaired) electrons. The number of nitrogens with zero attached hydrogens (tertiary/aromatic N) is 2. The molecule has 2 N–H and O–H groups in total. The first-order valence-corrected chi connectivity index (χ1v) is 13.3. The zero-order chi connectivity index (χ0) is 27.2. The van der Waals surface area contributed by atoms with Crippen molar-refractivity contribution in [1.29, 1.82) is 0 Å². The van der Waals surface area contributed by atoms with Crippen LogP contribution >= 0.6 is 57.7 Å². The minimum absolute atomic E-state index is 0.134. The summed E-state index contributed by atoms with van der Waals surface area (Å²) in [6.07, 6.45) is 1.39. The van der Waals surface area contributed by atoms with Gasteiger partial charge in [0, 0.05) is 22.2 Å². The molecule has 4 rings (SSSR count). The van der Waals surface area contributed by atoms with Crippen molar-refractivity contribution < 1.29 is 14.3 Å². The van der Waals surface area contributed by atoms with Crippen molar-refractivity contribution in [2.75, 3.05) is 11.9 Å². The lowest BCUT2D eigenvalue weighted by molar-refractivity contribution is -0.118. The highest BCUT2D eigenvalue weighted by molar-refractivity contribution is 7.09. The van der Waals surface area contributed by atoms with E-state index in [2.05, 4.69) is 20.8 Å². The number of nitrogens with one attached hydrogen (secondary N) is 2. The van der Waals surface area contributed by atoms with Crippen LogP contribution in [0.15, 0.2) is 65.1 Å². The number of anilines is 1. The maximum atomic E-state index is 12.4. The van der Waals surface area contributed by atoms with Gasteiger partial charge in [0.1, 0.15) is 0 Å². The van der Waals surface area contributed by atoms with Crippen LogP contribution in [0.2, 0.25) is 20.1 Å².